The third-order valence-electron chi connectivity index (χ3n) is 1.92. The lowest BCUT2D eigenvalue weighted by molar-refractivity contribution is 0.00629. The van der Waals surface area contributed by atoms with E-state index in [-0.39, 0.29) is 23.0 Å². The molecule has 1 rings (SSSR count). The van der Waals surface area contributed by atoms with Crippen molar-refractivity contribution in [3.05, 3.63) is 28.5 Å². The van der Waals surface area contributed by atoms with E-state index >= 15 is 0 Å². The Morgan fingerprint density at radius 1 is 1.26 bits per heavy atom. The predicted octanol–water partition coefficient (Wildman–Crippen LogP) is 2.87. The molecule has 0 amide bonds. The molecule has 6 heteroatoms. The van der Waals surface area contributed by atoms with Crippen LogP contribution in [0.2, 0.25) is 5.02 Å². The summed E-state index contributed by atoms with van der Waals surface area (Å²) in [7, 11) is 0. The minimum absolute atomic E-state index is 0.0205. The molecule has 0 saturated heterocycles. The molecular formula is C13H16ClNO4. The fraction of sp³-hybridized carbons (Fsp3) is 0.462. The maximum absolute atomic E-state index is 11.9. The molecule has 0 aliphatic heterocycles. The summed E-state index contributed by atoms with van der Waals surface area (Å²) >= 11 is 5.89. The first kappa shape index (κ1) is 15.4. The molecule has 5 nitrogen and oxygen atoms in total. The maximum Gasteiger partial charge on any atom is 0.359 e. The molecule has 0 N–H and O–H groups in total. The first-order valence-electron chi connectivity index (χ1n) is 5.81. The first-order valence-corrected chi connectivity index (χ1v) is 6.19. The highest BCUT2D eigenvalue weighted by Crippen LogP contribution is 2.18. The van der Waals surface area contributed by atoms with E-state index in [1.807, 2.05) is 0 Å². The quantitative estimate of drug-likeness (QED) is 0.799. The molecule has 0 aliphatic carbocycles. The monoisotopic (exact) mass is 285 g/mol. The van der Waals surface area contributed by atoms with E-state index in [2.05, 4.69) is 4.98 Å². The molecule has 0 radical (unpaired) electrons. The van der Waals surface area contributed by atoms with Gasteiger partial charge in [0.15, 0.2) is 5.69 Å². The summed E-state index contributed by atoms with van der Waals surface area (Å²) in [6.45, 7) is 7.10. The molecule has 0 unspecified atom stereocenters. The van der Waals surface area contributed by atoms with Crippen LogP contribution >= 0.6 is 11.6 Å². The average molecular weight is 286 g/mol. The maximum atomic E-state index is 11.9. The molecule has 1 aromatic heterocycles. The zero-order valence-electron chi connectivity index (χ0n) is 11.3. The van der Waals surface area contributed by atoms with E-state index in [4.69, 9.17) is 21.1 Å². The van der Waals surface area contributed by atoms with Crippen molar-refractivity contribution in [3.8, 4) is 0 Å². The predicted molar refractivity (Wildman–Crippen MR) is 70.4 cm³/mol. The Labute approximate surface area is 116 Å². The number of ether oxygens (including phenoxy) is 2. The Kier molecular flexibility index (Phi) is 4.89. The second-order valence-electron chi connectivity index (χ2n) is 4.75. The van der Waals surface area contributed by atoms with Crippen LogP contribution in [0.25, 0.3) is 0 Å². The lowest BCUT2D eigenvalue weighted by Gasteiger charge is -2.19. The molecule has 0 bridgehead atoms. The average Bonchev–Trinajstić information content (AvgIpc) is 2.27. The van der Waals surface area contributed by atoms with Gasteiger partial charge in [0.05, 0.1) is 11.6 Å². The largest absolute Gasteiger partial charge is 0.461 e. The van der Waals surface area contributed by atoms with Crippen molar-refractivity contribution in [2.24, 2.45) is 0 Å². The van der Waals surface area contributed by atoms with Crippen molar-refractivity contribution in [3.63, 3.8) is 0 Å². The SMILES string of the molecule is CCOC(=O)c1ccc(Cl)c(C(=O)OC(C)(C)C)n1. The number of halogens is 1. The van der Waals surface area contributed by atoms with Crippen molar-refractivity contribution in [1.29, 1.82) is 0 Å². The van der Waals surface area contributed by atoms with Crippen LogP contribution in [0.4, 0.5) is 0 Å². The van der Waals surface area contributed by atoms with Crippen molar-refractivity contribution < 1.29 is 19.1 Å². The number of pyridine rings is 1. The van der Waals surface area contributed by atoms with Crippen LogP contribution in [-0.2, 0) is 9.47 Å². The molecule has 0 aromatic carbocycles. The van der Waals surface area contributed by atoms with Crippen molar-refractivity contribution in [2.75, 3.05) is 6.61 Å². The number of hydrogen-bond donors (Lipinski definition) is 0. The standard InChI is InChI=1S/C13H16ClNO4/c1-5-18-11(16)9-7-6-8(14)10(15-9)12(17)19-13(2,3)4/h6-7H,5H2,1-4H3. The summed E-state index contributed by atoms with van der Waals surface area (Å²) in [5.74, 6) is -1.28. The summed E-state index contributed by atoms with van der Waals surface area (Å²) in [6.07, 6.45) is 0. The zero-order valence-corrected chi connectivity index (χ0v) is 12.1. The summed E-state index contributed by atoms with van der Waals surface area (Å²) < 4.78 is 9.97. The number of hydrogen-bond acceptors (Lipinski definition) is 5. The molecule has 1 heterocycles. The van der Waals surface area contributed by atoms with Gasteiger partial charge in [-0.15, -0.1) is 0 Å². The number of esters is 2. The minimum atomic E-state index is -0.677. The molecular weight excluding hydrogens is 270 g/mol. The molecule has 19 heavy (non-hydrogen) atoms. The van der Waals surface area contributed by atoms with Gasteiger partial charge in [-0.05, 0) is 39.8 Å². The Morgan fingerprint density at radius 2 is 1.89 bits per heavy atom. The van der Waals surface area contributed by atoms with Crippen LogP contribution < -0.4 is 0 Å². The van der Waals surface area contributed by atoms with Gasteiger partial charge in [-0.1, -0.05) is 11.6 Å². The zero-order chi connectivity index (χ0) is 14.6. The van der Waals surface area contributed by atoms with Crippen LogP contribution in [0.5, 0.6) is 0 Å². The topological polar surface area (TPSA) is 65.5 Å². The second kappa shape index (κ2) is 6.02. The fourth-order valence-electron chi connectivity index (χ4n) is 1.23. The molecule has 0 saturated carbocycles. The van der Waals surface area contributed by atoms with Gasteiger partial charge in [0.25, 0.3) is 0 Å². The molecule has 1 aromatic rings. The summed E-state index contributed by atoms with van der Waals surface area (Å²) in [4.78, 5) is 27.3. The van der Waals surface area contributed by atoms with E-state index in [1.54, 1.807) is 27.7 Å². The molecule has 0 fully saturated rings. The van der Waals surface area contributed by atoms with E-state index < -0.39 is 17.5 Å². The number of nitrogens with zero attached hydrogens (tertiary/aromatic N) is 1. The summed E-state index contributed by atoms with van der Waals surface area (Å²) in [5, 5.41) is 0.127. The summed E-state index contributed by atoms with van der Waals surface area (Å²) in [6, 6.07) is 2.81. The van der Waals surface area contributed by atoms with E-state index in [9.17, 15) is 9.59 Å². The van der Waals surface area contributed by atoms with Crippen LogP contribution in [-0.4, -0.2) is 29.1 Å². The van der Waals surface area contributed by atoms with E-state index in [0.717, 1.165) is 0 Å². The van der Waals surface area contributed by atoms with Crippen LogP contribution in [0.3, 0.4) is 0 Å². The smallest absolute Gasteiger partial charge is 0.359 e. The minimum Gasteiger partial charge on any atom is -0.461 e. The Hall–Kier alpha value is -1.62. The first-order chi connectivity index (χ1) is 8.74. The fourth-order valence-corrected chi connectivity index (χ4v) is 1.41. The van der Waals surface area contributed by atoms with Gasteiger partial charge in [-0.3, -0.25) is 0 Å². The normalized spacial score (nSPS) is 11.0. The van der Waals surface area contributed by atoms with Crippen molar-refractivity contribution >= 4 is 23.5 Å². The third-order valence-corrected chi connectivity index (χ3v) is 2.23. The lowest BCUT2D eigenvalue weighted by Crippen LogP contribution is -2.25. The van der Waals surface area contributed by atoms with Crippen molar-refractivity contribution in [1.82, 2.24) is 4.98 Å². The molecule has 0 aliphatic rings. The molecule has 104 valence electrons. The Balaban J connectivity index is 3.04. The lowest BCUT2D eigenvalue weighted by atomic mass is 10.2. The van der Waals surface area contributed by atoms with Crippen molar-refractivity contribution in [2.45, 2.75) is 33.3 Å². The third kappa shape index (κ3) is 4.52. The highest BCUT2D eigenvalue weighted by Gasteiger charge is 2.23. The number of carbonyl (C=O) groups excluding carboxylic acids is 2. The van der Waals surface area contributed by atoms with Crippen LogP contribution in [0.15, 0.2) is 12.1 Å². The summed E-state index contributed by atoms with van der Waals surface area (Å²) in [5.41, 5.74) is -0.739. The van der Waals surface area contributed by atoms with E-state index in [0.29, 0.717) is 0 Å². The van der Waals surface area contributed by atoms with Crippen LogP contribution in [0.1, 0.15) is 48.7 Å². The number of aromatic nitrogens is 1. The highest BCUT2D eigenvalue weighted by molar-refractivity contribution is 6.33. The molecule has 0 atom stereocenters. The van der Waals surface area contributed by atoms with Gasteiger partial charge in [0.1, 0.15) is 11.3 Å². The molecule has 0 spiro atoms. The van der Waals surface area contributed by atoms with Gasteiger partial charge < -0.3 is 9.47 Å². The van der Waals surface area contributed by atoms with E-state index in [1.165, 1.54) is 12.1 Å². The van der Waals surface area contributed by atoms with Crippen LogP contribution in [0, 0.1) is 0 Å². The van der Waals surface area contributed by atoms with Gasteiger partial charge in [0, 0.05) is 0 Å². The number of rotatable bonds is 3. The van der Waals surface area contributed by atoms with Gasteiger partial charge >= 0.3 is 11.9 Å². The Bertz CT molecular complexity index is 494. The van der Waals surface area contributed by atoms with Gasteiger partial charge in [0.2, 0.25) is 0 Å². The second-order valence-corrected chi connectivity index (χ2v) is 5.16. The Morgan fingerprint density at radius 3 is 2.42 bits per heavy atom. The highest BCUT2D eigenvalue weighted by atomic mass is 35.5. The van der Waals surface area contributed by atoms with Gasteiger partial charge in [-0.25, -0.2) is 14.6 Å². The number of carbonyl (C=O) groups is 2. The van der Waals surface area contributed by atoms with Gasteiger partial charge in [-0.2, -0.15) is 0 Å².